The predicted molar refractivity (Wildman–Crippen MR) is 113 cm³/mol. The number of hydrogen-bond acceptors (Lipinski definition) is 4. The number of fused-ring (bicyclic) bond motifs is 1. The minimum Gasteiger partial charge on any atom is -0.481 e. The van der Waals surface area contributed by atoms with E-state index >= 15 is 0 Å². The molecule has 152 valence electrons. The maximum atomic E-state index is 13.0. The Balaban J connectivity index is 1.58. The number of halogens is 1. The van der Waals surface area contributed by atoms with Crippen LogP contribution in [0.15, 0.2) is 24.3 Å². The van der Waals surface area contributed by atoms with Crippen molar-refractivity contribution in [3.05, 3.63) is 45.3 Å². The zero-order chi connectivity index (χ0) is 20.5. The average Bonchev–Trinajstić information content (AvgIpc) is 3.38. The van der Waals surface area contributed by atoms with Crippen LogP contribution in [0.5, 0.6) is 0 Å². The summed E-state index contributed by atoms with van der Waals surface area (Å²) in [6, 6.07) is 6.84. The monoisotopic (exact) mass is 432 g/mol. The third-order valence-corrected chi connectivity index (χ3v) is 7.12. The fourth-order valence-corrected chi connectivity index (χ4v) is 5.65. The van der Waals surface area contributed by atoms with Crippen LogP contribution >= 0.6 is 22.9 Å². The van der Waals surface area contributed by atoms with Crippen molar-refractivity contribution < 1.29 is 19.5 Å². The highest BCUT2D eigenvalue weighted by Gasteiger charge is 2.38. The van der Waals surface area contributed by atoms with Crippen molar-refractivity contribution in [2.75, 3.05) is 10.6 Å². The molecule has 2 unspecified atom stereocenters. The van der Waals surface area contributed by atoms with Crippen LogP contribution in [-0.4, -0.2) is 22.9 Å². The molecule has 1 heterocycles. The van der Waals surface area contributed by atoms with Crippen LogP contribution in [0.25, 0.3) is 0 Å². The van der Waals surface area contributed by atoms with Crippen molar-refractivity contribution in [2.45, 2.75) is 38.5 Å². The third-order valence-electron chi connectivity index (χ3n) is 5.66. The quantitative estimate of drug-likeness (QED) is 0.644. The van der Waals surface area contributed by atoms with E-state index in [0.717, 1.165) is 36.1 Å². The second-order valence-corrected chi connectivity index (χ2v) is 9.04. The molecule has 0 spiro atoms. The summed E-state index contributed by atoms with van der Waals surface area (Å²) in [6.45, 7) is 0. The van der Waals surface area contributed by atoms with Crippen LogP contribution < -0.4 is 10.6 Å². The topological polar surface area (TPSA) is 95.5 Å². The smallest absolute Gasteiger partial charge is 0.307 e. The Bertz CT molecular complexity index is 970. The largest absolute Gasteiger partial charge is 0.481 e. The number of nitrogens with one attached hydrogen (secondary N) is 2. The predicted octanol–water partition coefficient (Wildman–Crippen LogP) is 4.58. The number of aryl methyl sites for hydroxylation is 1. The summed E-state index contributed by atoms with van der Waals surface area (Å²) in [5.74, 6) is -2.74. The number of thiophene rings is 1. The minimum absolute atomic E-state index is 0.275. The van der Waals surface area contributed by atoms with E-state index in [2.05, 4.69) is 10.6 Å². The highest BCUT2D eigenvalue weighted by Crippen LogP contribution is 2.41. The minimum atomic E-state index is -0.933. The number of rotatable bonds is 5. The van der Waals surface area contributed by atoms with E-state index in [4.69, 9.17) is 11.6 Å². The number of carboxylic acid groups (broad SMARTS) is 1. The number of amides is 2. The normalized spacial score (nSPS) is 20.3. The summed E-state index contributed by atoms with van der Waals surface area (Å²) in [4.78, 5) is 38.4. The standard InChI is InChI=1S/C21H21ClN2O4S/c22-11-7-9-12(10-8-11)23-19(26)17-15-5-2-6-16(15)29-20(17)24-18(25)13-3-1-4-14(13)21(27)28/h7-10,13-14H,1-6H2,(H,23,26)(H,24,25)(H,27,28). The SMILES string of the molecule is O=C(Nc1ccc(Cl)cc1)c1c(NC(=O)C2CCCC2C(=O)O)sc2c1CCC2. The molecule has 6 nitrogen and oxygen atoms in total. The van der Waals surface area contributed by atoms with Gasteiger partial charge in [0.1, 0.15) is 5.00 Å². The molecule has 3 N–H and O–H groups in total. The molecular formula is C21H21ClN2O4S. The first-order chi connectivity index (χ1) is 13.9. The van der Waals surface area contributed by atoms with E-state index < -0.39 is 17.8 Å². The second-order valence-electron chi connectivity index (χ2n) is 7.49. The van der Waals surface area contributed by atoms with Crippen LogP contribution in [-0.2, 0) is 22.4 Å². The third kappa shape index (κ3) is 4.02. The van der Waals surface area contributed by atoms with Crippen molar-refractivity contribution in [3.8, 4) is 0 Å². The number of carbonyl (C=O) groups is 3. The van der Waals surface area contributed by atoms with E-state index in [1.807, 2.05) is 0 Å². The molecule has 1 aromatic carbocycles. The summed E-state index contributed by atoms with van der Waals surface area (Å²) in [5, 5.41) is 16.2. The highest BCUT2D eigenvalue weighted by molar-refractivity contribution is 7.17. The van der Waals surface area contributed by atoms with Gasteiger partial charge in [0.15, 0.2) is 0 Å². The number of hydrogen-bond donors (Lipinski definition) is 3. The van der Waals surface area contributed by atoms with E-state index in [0.29, 0.717) is 34.1 Å². The first kappa shape index (κ1) is 19.9. The molecule has 4 rings (SSSR count). The van der Waals surface area contributed by atoms with Crippen LogP contribution in [0.1, 0.15) is 46.5 Å². The lowest BCUT2D eigenvalue weighted by Crippen LogP contribution is -2.30. The van der Waals surface area contributed by atoms with Gasteiger partial charge in [0, 0.05) is 15.6 Å². The van der Waals surface area contributed by atoms with Gasteiger partial charge in [-0.3, -0.25) is 14.4 Å². The van der Waals surface area contributed by atoms with E-state index in [9.17, 15) is 19.5 Å². The molecule has 0 radical (unpaired) electrons. The Labute approximate surface area is 177 Å². The maximum absolute atomic E-state index is 13.0. The van der Waals surface area contributed by atoms with Gasteiger partial charge in [-0.05, 0) is 61.9 Å². The lowest BCUT2D eigenvalue weighted by atomic mass is 9.95. The lowest BCUT2D eigenvalue weighted by Gasteiger charge is -2.16. The Morgan fingerprint density at radius 2 is 1.72 bits per heavy atom. The van der Waals surface area contributed by atoms with Gasteiger partial charge in [0.05, 0.1) is 17.4 Å². The van der Waals surface area contributed by atoms with Gasteiger partial charge in [0.2, 0.25) is 5.91 Å². The Kier molecular flexibility index (Phi) is 5.61. The molecule has 1 saturated carbocycles. The van der Waals surface area contributed by atoms with Gasteiger partial charge >= 0.3 is 5.97 Å². The Morgan fingerprint density at radius 3 is 2.45 bits per heavy atom. The lowest BCUT2D eigenvalue weighted by molar-refractivity contribution is -0.145. The fourth-order valence-electron chi connectivity index (χ4n) is 4.23. The molecule has 1 fully saturated rings. The number of carbonyl (C=O) groups excluding carboxylic acids is 2. The number of anilines is 2. The summed E-state index contributed by atoms with van der Waals surface area (Å²) >= 11 is 7.33. The molecule has 2 aliphatic carbocycles. The van der Waals surface area contributed by atoms with Crippen LogP contribution in [0.3, 0.4) is 0 Å². The molecule has 1 aromatic heterocycles. The van der Waals surface area contributed by atoms with Gasteiger partial charge in [-0.2, -0.15) is 0 Å². The molecule has 0 aliphatic heterocycles. The molecule has 2 aliphatic rings. The van der Waals surface area contributed by atoms with Crippen LogP contribution in [0.4, 0.5) is 10.7 Å². The highest BCUT2D eigenvalue weighted by atomic mass is 35.5. The van der Waals surface area contributed by atoms with Gasteiger partial charge in [0.25, 0.3) is 5.91 Å². The van der Waals surface area contributed by atoms with E-state index in [1.165, 1.54) is 11.3 Å². The molecule has 8 heteroatoms. The van der Waals surface area contributed by atoms with Gasteiger partial charge < -0.3 is 15.7 Å². The van der Waals surface area contributed by atoms with Gasteiger partial charge in [-0.25, -0.2) is 0 Å². The van der Waals surface area contributed by atoms with Gasteiger partial charge in [-0.1, -0.05) is 18.0 Å². The summed E-state index contributed by atoms with van der Waals surface area (Å²) in [6.07, 6.45) is 4.46. The van der Waals surface area contributed by atoms with Crippen molar-refractivity contribution in [3.63, 3.8) is 0 Å². The summed E-state index contributed by atoms with van der Waals surface area (Å²) < 4.78 is 0. The average molecular weight is 433 g/mol. The first-order valence-corrected chi connectivity index (χ1v) is 10.9. The van der Waals surface area contributed by atoms with Gasteiger partial charge in [-0.15, -0.1) is 11.3 Å². The van der Waals surface area contributed by atoms with Crippen molar-refractivity contribution >= 4 is 51.4 Å². The van der Waals surface area contributed by atoms with Crippen LogP contribution in [0, 0.1) is 11.8 Å². The Hall–Kier alpha value is -2.38. The fraction of sp³-hybridized carbons (Fsp3) is 0.381. The summed E-state index contributed by atoms with van der Waals surface area (Å²) in [5.41, 5.74) is 2.10. The molecule has 0 bridgehead atoms. The zero-order valence-electron chi connectivity index (χ0n) is 15.7. The molecule has 2 amide bonds. The van der Waals surface area contributed by atoms with E-state index in [-0.39, 0.29) is 11.8 Å². The Morgan fingerprint density at radius 1 is 1.00 bits per heavy atom. The van der Waals surface area contributed by atoms with Crippen molar-refractivity contribution in [1.82, 2.24) is 0 Å². The number of carboxylic acids is 1. The molecule has 0 saturated heterocycles. The second kappa shape index (κ2) is 8.16. The number of benzene rings is 1. The maximum Gasteiger partial charge on any atom is 0.307 e. The molecule has 2 atom stereocenters. The van der Waals surface area contributed by atoms with Crippen molar-refractivity contribution in [1.29, 1.82) is 0 Å². The molecule has 2 aromatic rings. The molecule has 29 heavy (non-hydrogen) atoms. The zero-order valence-corrected chi connectivity index (χ0v) is 17.2. The summed E-state index contributed by atoms with van der Waals surface area (Å²) in [7, 11) is 0. The van der Waals surface area contributed by atoms with Crippen LogP contribution in [0.2, 0.25) is 5.02 Å². The molecular weight excluding hydrogens is 412 g/mol. The van der Waals surface area contributed by atoms with Crippen molar-refractivity contribution in [2.24, 2.45) is 11.8 Å². The van der Waals surface area contributed by atoms with E-state index in [1.54, 1.807) is 24.3 Å². The number of aliphatic carboxylic acids is 1. The first-order valence-electron chi connectivity index (χ1n) is 9.69.